The second kappa shape index (κ2) is 6.68. The highest BCUT2D eigenvalue weighted by Crippen LogP contribution is 2.16. The number of Topliss-reactive ketones (excluding diaryl/α,β-unsaturated/α-hetero) is 1. The first-order chi connectivity index (χ1) is 9.92. The Balaban J connectivity index is 2.14. The largest absolute Gasteiger partial charge is 0.302 e. The van der Waals surface area contributed by atoms with Gasteiger partial charge in [-0.2, -0.15) is 0 Å². The smallest absolute Gasteiger partial charge is 0.240 e. The summed E-state index contributed by atoms with van der Waals surface area (Å²) in [5.74, 6) is -0.137. The minimum atomic E-state index is -3.58. The van der Waals surface area contributed by atoms with E-state index < -0.39 is 10.0 Å². The molecule has 5 nitrogen and oxygen atoms in total. The van der Waals surface area contributed by atoms with Gasteiger partial charge in [0.1, 0.15) is 0 Å². The average molecular weight is 310 g/mol. The van der Waals surface area contributed by atoms with Gasteiger partial charge in [-0.05, 0) is 45.0 Å². The van der Waals surface area contributed by atoms with Crippen LogP contribution in [-0.2, 0) is 10.0 Å². The average Bonchev–Trinajstić information content (AvgIpc) is 2.47. The summed E-state index contributed by atoms with van der Waals surface area (Å²) in [7, 11) is -3.58. The Labute approximate surface area is 126 Å². The molecule has 1 N–H and O–H groups in total. The lowest BCUT2D eigenvalue weighted by atomic mass is 10.1. The molecule has 0 aliphatic carbocycles. The molecular formula is C15H22N2O3S. The van der Waals surface area contributed by atoms with E-state index in [9.17, 15) is 13.2 Å². The fourth-order valence-corrected chi connectivity index (χ4v) is 3.92. The molecule has 116 valence electrons. The van der Waals surface area contributed by atoms with Crippen LogP contribution in [0.2, 0.25) is 0 Å². The minimum Gasteiger partial charge on any atom is -0.302 e. The van der Waals surface area contributed by atoms with Crippen LogP contribution in [0.15, 0.2) is 29.2 Å². The number of likely N-dealkylation sites (tertiary alicyclic amines) is 1. The van der Waals surface area contributed by atoms with Crippen molar-refractivity contribution in [3.8, 4) is 0 Å². The molecule has 1 aromatic carbocycles. The lowest BCUT2D eigenvalue weighted by Gasteiger charge is -2.32. The number of nitrogens with zero attached hydrogens (tertiary/aromatic N) is 1. The number of rotatable bonds is 5. The van der Waals surface area contributed by atoms with Gasteiger partial charge in [0.05, 0.1) is 4.90 Å². The van der Waals surface area contributed by atoms with Gasteiger partial charge in [-0.3, -0.25) is 4.79 Å². The fourth-order valence-electron chi connectivity index (χ4n) is 2.61. The fraction of sp³-hybridized carbons (Fsp3) is 0.533. The molecule has 1 aliphatic rings. The van der Waals surface area contributed by atoms with Crippen LogP contribution in [0.5, 0.6) is 0 Å². The summed E-state index contributed by atoms with van der Waals surface area (Å²) in [5, 5.41) is 0. The Hall–Kier alpha value is -1.24. The summed E-state index contributed by atoms with van der Waals surface area (Å²) >= 11 is 0. The van der Waals surface area contributed by atoms with Crippen molar-refractivity contribution in [3.63, 3.8) is 0 Å². The quantitative estimate of drug-likeness (QED) is 0.840. The molecule has 1 aliphatic heterocycles. The predicted octanol–water partition coefficient (Wildman–Crippen LogP) is 1.65. The molecule has 1 aromatic rings. The normalized spacial score (nSPS) is 20.4. The lowest BCUT2D eigenvalue weighted by molar-refractivity contribution is 0.101. The summed E-state index contributed by atoms with van der Waals surface area (Å²) in [4.78, 5) is 13.8. The first-order valence-corrected chi connectivity index (χ1v) is 8.76. The van der Waals surface area contributed by atoms with Crippen LogP contribution in [0.25, 0.3) is 0 Å². The molecule has 21 heavy (non-hydrogen) atoms. The number of hydrogen-bond acceptors (Lipinski definition) is 4. The molecule has 0 spiro atoms. The first kappa shape index (κ1) is 16.1. The van der Waals surface area contributed by atoms with E-state index in [0.29, 0.717) is 5.56 Å². The van der Waals surface area contributed by atoms with E-state index in [0.717, 1.165) is 32.5 Å². The molecule has 0 radical (unpaired) electrons. The van der Waals surface area contributed by atoms with Crippen LogP contribution in [0.4, 0.5) is 0 Å². The van der Waals surface area contributed by atoms with E-state index in [-0.39, 0.29) is 16.7 Å². The monoisotopic (exact) mass is 310 g/mol. The Kier molecular flexibility index (Phi) is 5.13. The van der Waals surface area contributed by atoms with Crippen molar-refractivity contribution < 1.29 is 13.2 Å². The van der Waals surface area contributed by atoms with Crippen LogP contribution in [0.3, 0.4) is 0 Å². The molecular weight excluding hydrogens is 288 g/mol. The van der Waals surface area contributed by atoms with Crippen molar-refractivity contribution in [1.29, 1.82) is 0 Å². The van der Waals surface area contributed by atoms with E-state index in [4.69, 9.17) is 0 Å². The van der Waals surface area contributed by atoms with Crippen molar-refractivity contribution in [2.24, 2.45) is 0 Å². The van der Waals surface area contributed by atoms with Crippen LogP contribution < -0.4 is 4.72 Å². The van der Waals surface area contributed by atoms with Crippen molar-refractivity contribution in [2.45, 2.75) is 37.6 Å². The van der Waals surface area contributed by atoms with Gasteiger partial charge in [-0.15, -0.1) is 0 Å². The highest BCUT2D eigenvalue weighted by atomic mass is 32.2. The zero-order chi connectivity index (χ0) is 15.5. The molecule has 1 fully saturated rings. The second-order valence-electron chi connectivity index (χ2n) is 5.44. The maximum atomic E-state index is 12.4. The van der Waals surface area contributed by atoms with Gasteiger partial charge in [0, 0.05) is 18.2 Å². The summed E-state index contributed by atoms with van der Waals surface area (Å²) in [6.45, 7) is 6.20. The number of hydrogen-bond donors (Lipinski definition) is 1. The minimum absolute atomic E-state index is 0.0651. The van der Waals surface area contributed by atoms with E-state index in [1.807, 2.05) is 0 Å². The second-order valence-corrected chi connectivity index (χ2v) is 7.15. The van der Waals surface area contributed by atoms with Crippen molar-refractivity contribution in [2.75, 3.05) is 19.6 Å². The van der Waals surface area contributed by atoms with Crippen molar-refractivity contribution in [1.82, 2.24) is 9.62 Å². The Morgan fingerprint density at radius 2 is 2.19 bits per heavy atom. The van der Waals surface area contributed by atoms with Gasteiger partial charge in [0.25, 0.3) is 0 Å². The lowest BCUT2D eigenvalue weighted by Crippen LogP contribution is -2.47. The third-order valence-corrected chi connectivity index (χ3v) is 5.34. The van der Waals surface area contributed by atoms with E-state index in [2.05, 4.69) is 16.5 Å². The van der Waals surface area contributed by atoms with Crippen molar-refractivity contribution in [3.05, 3.63) is 29.8 Å². The van der Waals surface area contributed by atoms with Gasteiger partial charge in [0.15, 0.2) is 5.78 Å². The molecule has 6 heteroatoms. The number of likely N-dealkylation sites (N-methyl/N-ethyl adjacent to an activating group) is 1. The molecule has 0 bridgehead atoms. The van der Waals surface area contributed by atoms with E-state index in [1.165, 1.54) is 19.1 Å². The molecule has 0 amide bonds. The van der Waals surface area contributed by atoms with Crippen LogP contribution in [0.1, 0.15) is 37.0 Å². The number of sulfonamides is 1. The summed E-state index contributed by atoms with van der Waals surface area (Å²) in [6, 6.07) is 6.12. The number of piperidine rings is 1. The third-order valence-electron chi connectivity index (χ3n) is 3.83. The molecule has 0 aromatic heterocycles. The molecule has 1 unspecified atom stereocenters. The highest BCUT2D eigenvalue weighted by Gasteiger charge is 2.24. The van der Waals surface area contributed by atoms with E-state index >= 15 is 0 Å². The van der Waals surface area contributed by atoms with Gasteiger partial charge in [-0.25, -0.2) is 13.1 Å². The Morgan fingerprint density at radius 1 is 1.43 bits per heavy atom. The van der Waals surface area contributed by atoms with Crippen LogP contribution in [0, 0.1) is 0 Å². The topological polar surface area (TPSA) is 66.5 Å². The maximum absolute atomic E-state index is 12.4. The molecule has 1 heterocycles. The van der Waals surface area contributed by atoms with Crippen molar-refractivity contribution >= 4 is 15.8 Å². The number of ketones is 1. The third kappa shape index (κ3) is 4.12. The van der Waals surface area contributed by atoms with Gasteiger partial charge < -0.3 is 4.90 Å². The summed E-state index contributed by atoms with van der Waals surface area (Å²) in [6.07, 6.45) is 1.84. The predicted molar refractivity (Wildman–Crippen MR) is 81.9 cm³/mol. The Bertz CT molecular complexity index is 613. The standard InChI is InChI=1S/C15H22N2O3S/c1-3-17-9-5-7-14(11-17)16-21(19,20)15-8-4-6-13(10-15)12(2)18/h4,6,8,10,14,16H,3,5,7,9,11H2,1-2H3. The van der Waals surface area contributed by atoms with Crippen LogP contribution >= 0.6 is 0 Å². The number of carbonyl (C=O) groups excluding carboxylic acids is 1. The maximum Gasteiger partial charge on any atom is 0.240 e. The molecule has 2 rings (SSSR count). The zero-order valence-electron chi connectivity index (χ0n) is 12.5. The molecule has 1 saturated heterocycles. The number of carbonyl (C=O) groups is 1. The zero-order valence-corrected chi connectivity index (χ0v) is 13.3. The van der Waals surface area contributed by atoms with E-state index in [1.54, 1.807) is 12.1 Å². The van der Waals surface area contributed by atoms with Crippen LogP contribution in [-0.4, -0.2) is 44.8 Å². The summed E-state index contributed by atoms with van der Waals surface area (Å²) < 4.78 is 27.6. The van der Waals surface area contributed by atoms with Gasteiger partial charge in [-0.1, -0.05) is 19.1 Å². The SMILES string of the molecule is CCN1CCCC(NS(=O)(=O)c2cccc(C(C)=O)c2)C1. The number of nitrogens with one attached hydrogen (secondary N) is 1. The summed E-state index contributed by atoms with van der Waals surface area (Å²) in [5.41, 5.74) is 0.414. The van der Waals surface area contributed by atoms with Gasteiger partial charge in [0.2, 0.25) is 10.0 Å². The number of benzene rings is 1. The first-order valence-electron chi connectivity index (χ1n) is 7.28. The Morgan fingerprint density at radius 3 is 2.86 bits per heavy atom. The highest BCUT2D eigenvalue weighted by molar-refractivity contribution is 7.89. The van der Waals surface area contributed by atoms with Gasteiger partial charge >= 0.3 is 0 Å². The molecule has 0 saturated carbocycles. The molecule has 1 atom stereocenters.